The zero-order valence-electron chi connectivity index (χ0n) is 15.9. The van der Waals surface area contributed by atoms with Gasteiger partial charge in [0.15, 0.2) is 5.16 Å². The number of ether oxygens (including phenoxy) is 1. The zero-order chi connectivity index (χ0) is 20.8. The number of anilines is 1. The maximum atomic E-state index is 14.5. The minimum Gasteiger partial charge on any atom is -0.497 e. The van der Waals surface area contributed by atoms with Crippen LogP contribution in [0.15, 0.2) is 53.8 Å². The van der Waals surface area contributed by atoms with Gasteiger partial charge in [0.05, 0.1) is 13.0 Å². The Balaban J connectivity index is 1.96. The van der Waals surface area contributed by atoms with Crippen molar-refractivity contribution in [2.45, 2.75) is 17.6 Å². The second-order valence-corrected chi connectivity index (χ2v) is 7.29. The lowest BCUT2D eigenvalue weighted by atomic mass is 9.93. The molecule has 0 aliphatic heterocycles. The van der Waals surface area contributed by atoms with Gasteiger partial charge in [0.25, 0.3) is 0 Å². The van der Waals surface area contributed by atoms with Gasteiger partial charge in [0.2, 0.25) is 0 Å². The number of benzene rings is 2. The minimum absolute atomic E-state index is 0.108. The van der Waals surface area contributed by atoms with Crippen LogP contribution in [0, 0.1) is 5.82 Å². The summed E-state index contributed by atoms with van der Waals surface area (Å²) in [6.07, 6.45) is 4.05. The Morgan fingerprint density at radius 3 is 2.66 bits per heavy atom. The van der Waals surface area contributed by atoms with E-state index in [0.717, 1.165) is 11.3 Å². The van der Waals surface area contributed by atoms with Crippen LogP contribution in [0.25, 0.3) is 0 Å². The van der Waals surface area contributed by atoms with Crippen LogP contribution in [0.5, 0.6) is 5.75 Å². The van der Waals surface area contributed by atoms with E-state index >= 15 is 0 Å². The molecule has 0 fully saturated rings. The van der Waals surface area contributed by atoms with Gasteiger partial charge < -0.3 is 14.8 Å². The Hall–Kier alpha value is -2.64. The Morgan fingerprint density at radius 1 is 1.28 bits per heavy atom. The van der Waals surface area contributed by atoms with E-state index < -0.39 is 11.7 Å². The smallest absolute Gasteiger partial charge is 0.189 e. The number of rotatable bonds is 8. The third kappa shape index (κ3) is 4.86. The lowest BCUT2D eigenvalue weighted by molar-refractivity contribution is -0.108. The minimum atomic E-state index is -0.932. The number of halogens is 2. The molecule has 1 N–H and O–H groups in total. The largest absolute Gasteiger partial charge is 0.497 e. The molecule has 0 aliphatic rings. The molecule has 1 atom stereocenters. The fourth-order valence-electron chi connectivity index (χ4n) is 2.88. The van der Waals surface area contributed by atoms with Gasteiger partial charge in [-0.2, -0.15) is 0 Å². The molecule has 5 nitrogen and oxygen atoms in total. The number of carbonyl (C=O) groups is 1. The predicted molar refractivity (Wildman–Crippen MR) is 113 cm³/mol. The molecule has 0 radical (unpaired) electrons. The normalized spacial score (nSPS) is 11.7. The van der Waals surface area contributed by atoms with Crippen molar-refractivity contribution in [1.29, 1.82) is 0 Å². The van der Waals surface area contributed by atoms with Gasteiger partial charge in [0.1, 0.15) is 23.7 Å². The highest BCUT2D eigenvalue weighted by Crippen LogP contribution is 2.34. The van der Waals surface area contributed by atoms with Crippen molar-refractivity contribution in [1.82, 2.24) is 9.97 Å². The molecule has 0 saturated heterocycles. The van der Waals surface area contributed by atoms with Gasteiger partial charge in [0, 0.05) is 28.9 Å². The highest BCUT2D eigenvalue weighted by Gasteiger charge is 2.24. The number of nitrogens with one attached hydrogen (secondary N) is 1. The maximum absolute atomic E-state index is 14.5. The summed E-state index contributed by atoms with van der Waals surface area (Å²) in [5.41, 5.74) is 1.56. The molecular weight excluding hydrogens is 413 g/mol. The number of thioether (sulfide) groups is 1. The van der Waals surface area contributed by atoms with Gasteiger partial charge in [-0.3, -0.25) is 0 Å². The molecule has 2 aromatic carbocycles. The van der Waals surface area contributed by atoms with Crippen LogP contribution in [0.2, 0.25) is 5.02 Å². The fraction of sp³-hybridized carbons (Fsp3) is 0.190. The lowest BCUT2D eigenvalue weighted by Crippen LogP contribution is -2.13. The molecule has 29 heavy (non-hydrogen) atoms. The van der Waals surface area contributed by atoms with Crippen molar-refractivity contribution in [3.63, 3.8) is 0 Å². The molecule has 0 saturated carbocycles. The Labute approximate surface area is 177 Å². The molecule has 8 heteroatoms. The second kappa shape index (κ2) is 9.71. The first-order valence-corrected chi connectivity index (χ1v) is 10.3. The van der Waals surface area contributed by atoms with Crippen LogP contribution in [0.1, 0.15) is 22.6 Å². The summed E-state index contributed by atoms with van der Waals surface area (Å²) in [5, 5.41) is 3.95. The van der Waals surface area contributed by atoms with E-state index in [4.69, 9.17) is 16.3 Å². The highest BCUT2D eigenvalue weighted by molar-refractivity contribution is 7.98. The first-order valence-electron chi connectivity index (χ1n) is 8.74. The van der Waals surface area contributed by atoms with E-state index in [0.29, 0.717) is 29.4 Å². The summed E-state index contributed by atoms with van der Waals surface area (Å²) >= 11 is 7.56. The van der Waals surface area contributed by atoms with E-state index in [1.54, 1.807) is 13.2 Å². The summed E-state index contributed by atoms with van der Waals surface area (Å²) in [6, 6.07) is 11.9. The quantitative estimate of drug-likeness (QED) is 0.309. The molecule has 150 valence electrons. The van der Waals surface area contributed by atoms with Crippen LogP contribution < -0.4 is 10.1 Å². The Morgan fingerprint density at radius 2 is 2.03 bits per heavy atom. The van der Waals surface area contributed by atoms with Crippen LogP contribution in [0.3, 0.4) is 0 Å². The molecular formula is C21H19ClFN3O2S. The summed E-state index contributed by atoms with van der Waals surface area (Å²) in [4.78, 5) is 20.7. The topological polar surface area (TPSA) is 64.1 Å². The average molecular weight is 432 g/mol. The van der Waals surface area contributed by atoms with Crippen molar-refractivity contribution in [2.75, 3.05) is 18.7 Å². The van der Waals surface area contributed by atoms with Crippen molar-refractivity contribution < 1.29 is 13.9 Å². The van der Waals surface area contributed by atoms with E-state index in [1.165, 1.54) is 30.1 Å². The summed E-state index contributed by atoms with van der Waals surface area (Å²) < 4.78 is 19.6. The monoisotopic (exact) mass is 431 g/mol. The lowest BCUT2D eigenvalue weighted by Gasteiger charge is -2.18. The number of aromatic nitrogens is 2. The van der Waals surface area contributed by atoms with Crippen molar-refractivity contribution in [3.05, 3.63) is 76.2 Å². The van der Waals surface area contributed by atoms with Crippen LogP contribution in [-0.2, 0) is 11.3 Å². The van der Waals surface area contributed by atoms with E-state index in [9.17, 15) is 9.18 Å². The van der Waals surface area contributed by atoms with Gasteiger partial charge in [-0.1, -0.05) is 41.6 Å². The van der Waals surface area contributed by atoms with Crippen LogP contribution in [0.4, 0.5) is 10.2 Å². The first-order chi connectivity index (χ1) is 14.1. The maximum Gasteiger partial charge on any atom is 0.189 e. The van der Waals surface area contributed by atoms with Gasteiger partial charge >= 0.3 is 0 Å². The number of methoxy groups -OCH3 is 1. The van der Waals surface area contributed by atoms with Crippen LogP contribution in [-0.4, -0.2) is 29.6 Å². The number of aldehydes is 1. The second-order valence-electron chi connectivity index (χ2n) is 6.11. The van der Waals surface area contributed by atoms with Gasteiger partial charge in [-0.25, -0.2) is 14.4 Å². The highest BCUT2D eigenvalue weighted by atomic mass is 35.5. The SMILES string of the molecule is COc1ccc(CNc2nc(SC)ncc2C(C=O)c2c(F)cccc2Cl)cc1. The third-order valence-corrected chi connectivity index (χ3v) is 5.27. The molecule has 3 rings (SSSR count). The van der Waals surface area contributed by atoms with Crippen molar-refractivity contribution in [2.24, 2.45) is 0 Å². The van der Waals surface area contributed by atoms with Gasteiger partial charge in [-0.05, 0) is 36.1 Å². The van der Waals surface area contributed by atoms with Crippen molar-refractivity contribution in [3.8, 4) is 5.75 Å². The molecule has 1 aromatic heterocycles. The van der Waals surface area contributed by atoms with E-state index in [-0.39, 0.29) is 10.6 Å². The number of hydrogen-bond acceptors (Lipinski definition) is 6. The summed E-state index contributed by atoms with van der Waals surface area (Å²) in [6.45, 7) is 0.457. The van der Waals surface area contributed by atoms with E-state index in [2.05, 4.69) is 15.3 Å². The molecule has 0 amide bonds. The van der Waals surface area contributed by atoms with Crippen LogP contribution >= 0.6 is 23.4 Å². The average Bonchev–Trinajstić information content (AvgIpc) is 2.75. The van der Waals surface area contributed by atoms with E-state index in [1.807, 2.05) is 30.5 Å². The predicted octanol–water partition coefficient (Wildman–Crippen LogP) is 4.94. The number of hydrogen-bond donors (Lipinski definition) is 1. The Kier molecular flexibility index (Phi) is 7.06. The molecule has 1 heterocycles. The fourth-order valence-corrected chi connectivity index (χ4v) is 3.50. The molecule has 0 aliphatic carbocycles. The number of nitrogens with zero attached hydrogens (tertiary/aromatic N) is 2. The van der Waals surface area contributed by atoms with Crippen molar-refractivity contribution >= 4 is 35.5 Å². The Bertz CT molecular complexity index is 981. The molecule has 0 spiro atoms. The standard InChI is InChI=1S/C21H19ClFN3O2S/c1-28-14-8-6-13(7-9-14)10-24-20-15(11-25-21(26-20)29-2)16(12-27)19-17(22)4-3-5-18(19)23/h3-9,11-12,16H,10H2,1-2H3,(H,24,25,26). The molecule has 1 unspecified atom stereocenters. The molecule has 3 aromatic rings. The summed E-state index contributed by atoms with van der Waals surface area (Å²) in [7, 11) is 1.61. The molecule has 0 bridgehead atoms. The third-order valence-electron chi connectivity index (χ3n) is 4.38. The first kappa shape index (κ1) is 21.1. The number of carbonyl (C=O) groups excluding carboxylic acids is 1. The zero-order valence-corrected chi connectivity index (χ0v) is 17.4. The van der Waals surface area contributed by atoms with Gasteiger partial charge in [-0.15, -0.1) is 0 Å². The summed E-state index contributed by atoms with van der Waals surface area (Å²) in [5.74, 6) is -0.268.